The summed E-state index contributed by atoms with van der Waals surface area (Å²) in [6.07, 6.45) is 5.90. The fourth-order valence-electron chi connectivity index (χ4n) is 6.64. The van der Waals surface area contributed by atoms with Gasteiger partial charge in [-0.15, -0.1) is 18.9 Å². The molecule has 0 spiro atoms. The molecule has 1 aliphatic carbocycles. The van der Waals surface area contributed by atoms with E-state index in [2.05, 4.69) is 33.8 Å². The van der Waals surface area contributed by atoms with E-state index >= 15 is 0 Å². The third-order valence-electron chi connectivity index (χ3n) is 10.2. The van der Waals surface area contributed by atoms with E-state index in [1.165, 1.54) is 18.0 Å². The van der Waals surface area contributed by atoms with E-state index in [4.69, 9.17) is 11.2 Å². The van der Waals surface area contributed by atoms with Crippen LogP contribution in [0, 0.1) is 40.4 Å². The number of carbonyl (C=O) groups excluding carboxylic acids is 6. The number of nitrogens with one attached hydrogen (secondary N) is 4. The maximum atomic E-state index is 14.5. The number of urea groups is 1. The molecule has 0 aromatic carbocycles. The Kier molecular flexibility index (Phi) is 14.8. The van der Waals surface area contributed by atoms with E-state index in [1.807, 2.05) is 13.8 Å². The van der Waals surface area contributed by atoms with Gasteiger partial charge in [0.25, 0.3) is 5.91 Å². The third-order valence-corrected chi connectivity index (χ3v) is 11.9. The zero-order valence-corrected chi connectivity index (χ0v) is 35.6. The highest BCUT2D eigenvalue weighted by atomic mass is 32.2. The molecule has 1 saturated carbocycles. The summed E-state index contributed by atoms with van der Waals surface area (Å²) in [4.78, 5) is 81.9. The van der Waals surface area contributed by atoms with Gasteiger partial charge in [-0.05, 0) is 55.3 Å². The van der Waals surface area contributed by atoms with Crippen LogP contribution >= 0.6 is 0 Å². The first kappa shape index (κ1) is 47.0. The van der Waals surface area contributed by atoms with Crippen LogP contribution in [-0.2, 0) is 34.1 Å². The summed E-state index contributed by atoms with van der Waals surface area (Å²) in [6, 6.07) is -4.94. The van der Waals surface area contributed by atoms with Crippen LogP contribution in [0.3, 0.4) is 0 Å². The van der Waals surface area contributed by atoms with Crippen molar-refractivity contribution in [2.45, 2.75) is 119 Å². The molecule has 1 unspecified atom stereocenters. The summed E-state index contributed by atoms with van der Waals surface area (Å²) in [5.41, 5.74) is -2.78. The summed E-state index contributed by atoms with van der Waals surface area (Å²) in [5, 5.41) is 10.7. The van der Waals surface area contributed by atoms with Crippen LogP contribution in [0.25, 0.3) is 0 Å². The molecular formula is C38H63N7O9S. The fourth-order valence-corrected chi connectivity index (χ4v) is 7.62. The fraction of sp³-hybridized carbons (Fsp3) is 0.737. The summed E-state index contributed by atoms with van der Waals surface area (Å²) in [5.74, 6) is -0.751. The molecule has 2 rings (SSSR count). The molecule has 310 valence electrons. The second-order valence-electron chi connectivity index (χ2n) is 18.1. The number of terminal acetylenes is 1. The van der Waals surface area contributed by atoms with Crippen molar-refractivity contribution >= 4 is 45.8 Å². The maximum absolute atomic E-state index is 14.5. The van der Waals surface area contributed by atoms with Crippen LogP contribution in [0.1, 0.15) is 89.0 Å². The number of Topliss-reactive ketones (excluding diaryl/α,β-unsaturated/α-hetero) is 1. The van der Waals surface area contributed by atoms with Crippen molar-refractivity contribution in [2.75, 3.05) is 33.7 Å². The van der Waals surface area contributed by atoms with Crippen LogP contribution in [0.2, 0.25) is 0 Å². The standard InChI is InChI=1S/C38H63N7O9S/c1-16-18-19-24(28(46)31(48)39-20-17-2)40-30(47)27-26-23(38(26,12)13)21-45(27)32(49)29(36(6,7)8)42-33(50)41-25(35(3,4)5)22-43(14)55(52,53)44(15)34(51)54-37(9,10)11/h1,17,23-27,29H,2,18-22H2,3-15H3,(H,39,48)(H,40,47)(H2,41,42,50)/t23-,24?,25+,26-,27-,29+/m0/s1. The lowest BCUT2D eigenvalue weighted by Crippen LogP contribution is -2.63. The molecule has 0 bridgehead atoms. The maximum Gasteiger partial charge on any atom is 0.424 e. The Morgan fingerprint density at radius 1 is 0.982 bits per heavy atom. The Hall–Kier alpha value is -4.17. The van der Waals surface area contributed by atoms with E-state index in [1.54, 1.807) is 62.3 Å². The van der Waals surface area contributed by atoms with Gasteiger partial charge in [-0.25, -0.2) is 9.59 Å². The molecule has 1 aliphatic heterocycles. The highest BCUT2D eigenvalue weighted by molar-refractivity contribution is 7.87. The molecule has 17 heteroatoms. The van der Waals surface area contributed by atoms with Crippen molar-refractivity contribution in [1.29, 1.82) is 0 Å². The predicted molar refractivity (Wildman–Crippen MR) is 208 cm³/mol. The predicted octanol–water partition coefficient (Wildman–Crippen LogP) is 2.41. The molecule has 1 saturated heterocycles. The number of rotatable bonds is 15. The average molecular weight is 794 g/mol. The van der Waals surface area contributed by atoms with Gasteiger partial charge in [-0.3, -0.25) is 19.2 Å². The van der Waals surface area contributed by atoms with Gasteiger partial charge in [0.15, 0.2) is 0 Å². The summed E-state index contributed by atoms with van der Waals surface area (Å²) >= 11 is 0. The smallest absolute Gasteiger partial charge is 0.424 e. The molecule has 16 nitrogen and oxygen atoms in total. The second kappa shape index (κ2) is 17.3. The summed E-state index contributed by atoms with van der Waals surface area (Å²) < 4.78 is 33.3. The van der Waals surface area contributed by atoms with Gasteiger partial charge < -0.3 is 30.9 Å². The summed E-state index contributed by atoms with van der Waals surface area (Å²) in [7, 11) is -2.00. The number of fused-ring (bicyclic) bond motifs is 1. The number of carbonyl (C=O) groups is 6. The number of ether oxygens (including phenoxy) is 1. The normalized spacial score (nSPS) is 20.8. The van der Waals surface area contributed by atoms with Gasteiger partial charge in [0.2, 0.25) is 17.6 Å². The molecule has 6 amide bonds. The van der Waals surface area contributed by atoms with E-state index < -0.39 is 86.4 Å². The molecule has 0 aromatic rings. The van der Waals surface area contributed by atoms with Gasteiger partial charge >= 0.3 is 22.3 Å². The SMILES string of the molecule is C#CCCC(NC(=O)[C@@H]1[C@@H]2[C@H](CN1C(=O)[C@@H](NC(=O)N[C@H](CN(C)S(=O)(=O)N(C)C(=O)OC(C)(C)C)C(C)(C)C)C(C)(C)C)C2(C)C)C(=O)C(=O)NCC=C. The minimum absolute atomic E-state index is 0.00973. The van der Waals surface area contributed by atoms with E-state index in [0.717, 1.165) is 11.4 Å². The van der Waals surface area contributed by atoms with E-state index in [-0.39, 0.29) is 49.7 Å². The van der Waals surface area contributed by atoms with Crippen molar-refractivity contribution in [1.82, 2.24) is 34.8 Å². The Morgan fingerprint density at radius 3 is 2.05 bits per heavy atom. The van der Waals surface area contributed by atoms with Crippen molar-refractivity contribution in [3.63, 3.8) is 0 Å². The molecule has 6 atom stereocenters. The van der Waals surface area contributed by atoms with Gasteiger partial charge in [0.05, 0.1) is 6.04 Å². The topological polar surface area (TPSA) is 204 Å². The third kappa shape index (κ3) is 11.7. The Bertz CT molecular complexity index is 1650. The number of hydrogen-bond acceptors (Lipinski definition) is 9. The van der Waals surface area contributed by atoms with Crippen LogP contribution in [-0.4, -0.2) is 121 Å². The Morgan fingerprint density at radius 2 is 1.56 bits per heavy atom. The van der Waals surface area contributed by atoms with Gasteiger partial charge in [0, 0.05) is 46.2 Å². The highest BCUT2D eigenvalue weighted by Crippen LogP contribution is 2.65. The number of amides is 6. The lowest BCUT2D eigenvalue weighted by atomic mass is 9.85. The molecule has 1 heterocycles. The van der Waals surface area contributed by atoms with Crippen molar-refractivity contribution < 1.29 is 41.9 Å². The molecule has 0 aromatic heterocycles. The van der Waals surface area contributed by atoms with Gasteiger partial charge in [0.1, 0.15) is 17.7 Å². The Labute approximate surface area is 327 Å². The lowest BCUT2D eigenvalue weighted by molar-refractivity contribution is -0.145. The molecule has 2 fully saturated rings. The molecule has 4 N–H and O–H groups in total. The van der Waals surface area contributed by atoms with Crippen molar-refractivity contribution in [3.05, 3.63) is 12.7 Å². The van der Waals surface area contributed by atoms with Gasteiger partial charge in [-0.2, -0.15) is 17.0 Å². The van der Waals surface area contributed by atoms with Crippen LogP contribution < -0.4 is 21.3 Å². The minimum atomic E-state index is -4.36. The minimum Gasteiger partial charge on any atom is -0.443 e. The molecule has 0 radical (unpaired) electrons. The quantitative estimate of drug-likeness (QED) is 0.109. The molecule has 55 heavy (non-hydrogen) atoms. The second-order valence-corrected chi connectivity index (χ2v) is 20.2. The van der Waals surface area contributed by atoms with E-state index in [0.29, 0.717) is 4.31 Å². The number of likely N-dealkylation sites (N-methyl/N-ethyl adjacent to an activating group) is 1. The first-order valence-corrected chi connectivity index (χ1v) is 19.8. The summed E-state index contributed by atoms with van der Waals surface area (Å²) in [6.45, 7) is 23.1. The largest absolute Gasteiger partial charge is 0.443 e. The first-order chi connectivity index (χ1) is 24.9. The van der Waals surface area contributed by atoms with Crippen molar-refractivity contribution in [2.24, 2.45) is 28.1 Å². The zero-order chi connectivity index (χ0) is 42.6. The number of ketones is 1. The van der Waals surface area contributed by atoms with E-state index in [9.17, 15) is 37.2 Å². The Balaban J connectivity index is 2.35. The van der Waals surface area contributed by atoms with Crippen LogP contribution in [0.5, 0.6) is 0 Å². The van der Waals surface area contributed by atoms with Crippen LogP contribution in [0.15, 0.2) is 12.7 Å². The monoisotopic (exact) mass is 793 g/mol. The number of nitrogens with zero attached hydrogens (tertiary/aromatic N) is 3. The number of likely N-dealkylation sites (tertiary alicyclic amines) is 1. The highest BCUT2D eigenvalue weighted by Gasteiger charge is 2.70. The number of piperidine rings is 1. The van der Waals surface area contributed by atoms with Gasteiger partial charge in [-0.1, -0.05) is 61.5 Å². The van der Waals surface area contributed by atoms with Crippen molar-refractivity contribution in [3.8, 4) is 12.3 Å². The molecule has 2 aliphatic rings. The number of hydrogen-bond donors (Lipinski definition) is 4. The lowest BCUT2D eigenvalue weighted by Gasteiger charge is -2.39. The first-order valence-electron chi connectivity index (χ1n) is 18.4. The zero-order valence-electron chi connectivity index (χ0n) is 34.8. The van der Waals surface area contributed by atoms with Crippen LogP contribution in [0.4, 0.5) is 9.59 Å². The average Bonchev–Trinajstić information content (AvgIpc) is 3.35. The molecular weight excluding hydrogens is 731 g/mol.